The average molecular weight is 2070 g/mol. The topological polar surface area (TPSA) is 57.9 Å². The zero-order valence-electron chi connectivity index (χ0n) is 78.2. The Balaban J connectivity index is 0.000000156. The van der Waals surface area contributed by atoms with E-state index in [9.17, 15) is 119 Å². The molecule has 0 atom stereocenters. The van der Waals surface area contributed by atoms with Crippen molar-refractivity contribution >= 4 is 21.7 Å². The zero-order valence-corrected chi connectivity index (χ0v) is 78.2. The standard InChI is InChI=1S/C28H19F7O.C28H28F2O3.C24H19F5O.C18H7F7.C18H8F6/c1-2-3-16-4-6-17(7-5-16)18-8-10-19(11-9-18)20-12-22(29)26(23(30)13-20)28(34,35)36-21-14-24(31)27(33)25(32)15-21;1-3-5-7-8-18-9-11-19(12-10-18)20-13-14-21-22-15-16-23(32-17-6-4-2)26(30)27(22)33-28(31)24(21)25(20)29;1-2-3-4-15-5-7-16(8-6-15)17-9-10-19(20(25)11-17)18-12-21(26)24(22(27)13-18)30-14-23(28)29;19-12-3-8(9-4-13(20)17(24)14(21)5-9)1-2-11(12)10-6-15(22)18(25)16(23)7-10;19-13-5-11(6-14(20)17(13)23)9-1-2-10(4-3-9)12-7-15(21)18(24)16(22)8-12/h4-15H,2-3H2,1H3;9-16H,3-8,17H2,1-2H3;5-14H,2-4H2,1H3;1-7H;1-8H. The van der Waals surface area contributed by atoms with Crippen molar-refractivity contribution in [2.24, 2.45) is 0 Å². The fourth-order valence-electron chi connectivity index (χ4n) is 15.7. The Labute approximate surface area is 829 Å². The van der Waals surface area contributed by atoms with Crippen molar-refractivity contribution in [1.29, 1.82) is 0 Å². The Morgan fingerprint density at radius 1 is 0.284 bits per heavy atom. The van der Waals surface area contributed by atoms with Crippen LogP contribution in [0.5, 0.6) is 17.2 Å². The minimum atomic E-state index is -4.64. The second-order valence-corrected chi connectivity index (χ2v) is 33.6. The van der Waals surface area contributed by atoms with Gasteiger partial charge in [-0.05, 0) is 236 Å². The molecule has 764 valence electrons. The largest absolute Gasteiger partial charge is 0.490 e. The molecule has 0 fully saturated rings. The van der Waals surface area contributed by atoms with E-state index >= 15 is 4.39 Å². The number of ether oxygens (including phenoxy) is 3. The summed E-state index contributed by atoms with van der Waals surface area (Å²) in [6, 6.07) is 59.2. The maximum absolute atomic E-state index is 15.5. The van der Waals surface area contributed by atoms with Gasteiger partial charge in [-0.2, -0.15) is 22.0 Å². The van der Waals surface area contributed by atoms with Crippen LogP contribution in [0.3, 0.4) is 0 Å². The van der Waals surface area contributed by atoms with Crippen molar-refractivity contribution in [3.63, 3.8) is 0 Å². The highest BCUT2D eigenvalue weighted by Gasteiger charge is 2.42. The van der Waals surface area contributed by atoms with Gasteiger partial charge >= 0.3 is 17.8 Å². The summed E-state index contributed by atoms with van der Waals surface area (Å²) >= 11 is 0. The monoisotopic (exact) mass is 2070 g/mol. The lowest BCUT2D eigenvalue weighted by Crippen LogP contribution is -2.25. The SMILES string of the molecule is CCCCCc1ccc(-c2ccc3c(c2F)c(=O)oc2c(F)c(OCCCC)ccc23)cc1.CCCCc1ccc(-c2ccc(-c3cc(F)c(OC=C(F)F)c(F)c3)c(F)c2)cc1.CCCc1ccc(-c2ccc(-c3cc(F)c(C(F)(F)Oc4cc(F)c(F)c(F)c4)c(F)c3)cc2)cc1.Fc1cc(-c2cc(F)c(F)c(F)c2)ccc1-c1cc(F)c(F)c(F)c1.Fc1cc(-c2ccc(-c3cc(F)c(F)c(F)c3)cc2)cc(F)c1F. The van der Waals surface area contributed by atoms with Crippen LogP contribution in [0, 0.1) is 134 Å². The molecule has 0 N–H and O–H groups in total. The molecule has 0 unspecified atom stereocenters. The summed E-state index contributed by atoms with van der Waals surface area (Å²) in [5.41, 5.74) is 5.62. The molecule has 17 aromatic rings. The number of unbranched alkanes of at least 4 members (excludes halogenated alkanes) is 4. The minimum Gasteiger partial charge on any atom is -0.490 e. The van der Waals surface area contributed by atoms with Crippen LogP contribution < -0.4 is 19.8 Å². The molecule has 0 saturated heterocycles. The molecule has 0 aliphatic rings. The van der Waals surface area contributed by atoms with Crippen molar-refractivity contribution in [3.8, 4) is 117 Å². The van der Waals surface area contributed by atoms with Gasteiger partial charge < -0.3 is 18.6 Å². The van der Waals surface area contributed by atoms with Gasteiger partial charge in [0.15, 0.2) is 122 Å². The van der Waals surface area contributed by atoms with Gasteiger partial charge in [0.1, 0.15) is 45.8 Å². The number of hydrogen-bond acceptors (Lipinski definition) is 5. The van der Waals surface area contributed by atoms with Gasteiger partial charge in [-0.15, -0.1) is 0 Å². The lowest BCUT2D eigenvalue weighted by molar-refractivity contribution is -0.189. The second kappa shape index (κ2) is 49.0. The van der Waals surface area contributed by atoms with E-state index in [0.717, 1.165) is 129 Å². The van der Waals surface area contributed by atoms with Crippen molar-refractivity contribution in [3.05, 3.63) is 446 Å². The molecule has 32 heteroatoms. The second-order valence-electron chi connectivity index (χ2n) is 33.6. The Hall–Kier alpha value is -15.8. The summed E-state index contributed by atoms with van der Waals surface area (Å²) in [5.74, 6) is -33.9. The molecule has 17 rings (SSSR count). The van der Waals surface area contributed by atoms with Crippen LogP contribution >= 0.6 is 0 Å². The predicted molar refractivity (Wildman–Crippen MR) is 512 cm³/mol. The molecule has 148 heavy (non-hydrogen) atoms. The van der Waals surface area contributed by atoms with Crippen molar-refractivity contribution in [2.45, 2.75) is 104 Å². The summed E-state index contributed by atoms with van der Waals surface area (Å²) < 4.78 is 387. The lowest BCUT2D eigenvalue weighted by atomic mass is 9.97. The number of benzene rings is 16. The molecular formula is C116H81F27O5. The first-order valence-corrected chi connectivity index (χ1v) is 45.7. The van der Waals surface area contributed by atoms with E-state index in [1.165, 1.54) is 71.6 Å². The summed E-state index contributed by atoms with van der Waals surface area (Å²) in [6.45, 7) is 8.76. The molecule has 0 amide bonds. The number of halogens is 27. The number of fused-ring (bicyclic) bond motifs is 3. The number of aryl methyl sites for hydroxylation is 3. The van der Waals surface area contributed by atoms with E-state index in [-0.39, 0.29) is 85.2 Å². The summed E-state index contributed by atoms with van der Waals surface area (Å²) in [4.78, 5) is 12.7. The molecule has 0 radical (unpaired) electrons. The van der Waals surface area contributed by atoms with Gasteiger partial charge in [0.05, 0.1) is 6.61 Å². The highest BCUT2D eigenvalue weighted by atomic mass is 19.3. The van der Waals surface area contributed by atoms with E-state index in [2.05, 4.69) is 30.2 Å². The van der Waals surface area contributed by atoms with Crippen LogP contribution in [0.2, 0.25) is 0 Å². The first-order chi connectivity index (χ1) is 70.7. The normalized spacial score (nSPS) is 11.2. The first-order valence-electron chi connectivity index (χ1n) is 45.7. The van der Waals surface area contributed by atoms with E-state index in [1.807, 2.05) is 79.7 Å². The molecule has 0 aliphatic heterocycles. The predicted octanol–water partition coefficient (Wildman–Crippen LogP) is 36.3. The van der Waals surface area contributed by atoms with Crippen LogP contribution in [-0.2, 0) is 25.4 Å². The number of hydrogen-bond donors (Lipinski definition) is 0. The van der Waals surface area contributed by atoms with Crippen LogP contribution in [0.15, 0.2) is 288 Å². The minimum absolute atomic E-state index is 0.00624. The molecule has 0 aliphatic carbocycles. The molecule has 0 spiro atoms. The Kier molecular flexibility index (Phi) is 36.2. The molecule has 5 nitrogen and oxygen atoms in total. The summed E-state index contributed by atoms with van der Waals surface area (Å²) in [7, 11) is 0. The Morgan fingerprint density at radius 2 is 0.601 bits per heavy atom. The van der Waals surface area contributed by atoms with E-state index in [4.69, 9.17) is 9.15 Å². The Bertz CT molecular complexity index is 7530. The smallest absolute Gasteiger partial charge is 0.432 e. The van der Waals surface area contributed by atoms with Gasteiger partial charge in [-0.1, -0.05) is 218 Å². The summed E-state index contributed by atoms with van der Waals surface area (Å²) in [5, 5.41) is 0.477. The quantitative estimate of drug-likeness (QED) is 0.0128. The third kappa shape index (κ3) is 26.4. The van der Waals surface area contributed by atoms with Crippen molar-refractivity contribution in [1.82, 2.24) is 0 Å². The van der Waals surface area contributed by atoms with Crippen LogP contribution in [0.4, 0.5) is 119 Å². The van der Waals surface area contributed by atoms with Crippen LogP contribution in [0.1, 0.15) is 101 Å². The maximum atomic E-state index is 15.5. The van der Waals surface area contributed by atoms with E-state index in [0.29, 0.717) is 87.2 Å². The molecule has 0 bridgehead atoms. The van der Waals surface area contributed by atoms with Crippen molar-refractivity contribution in [2.75, 3.05) is 6.61 Å². The highest BCUT2D eigenvalue weighted by Crippen LogP contribution is 2.43. The number of alkyl halides is 2. The summed E-state index contributed by atoms with van der Waals surface area (Å²) in [6.07, 6.45) is 4.38. The van der Waals surface area contributed by atoms with Crippen LogP contribution in [-0.4, -0.2) is 6.61 Å². The van der Waals surface area contributed by atoms with Gasteiger partial charge in [0.25, 0.3) is 0 Å². The molecule has 16 aromatic carbocycles. The van der Waals surface area contributed by atoms with Gasteiger partial charge in [-0.25, -0.2) is 101 Å². The van der Waals surface area contributed by atoms with Crippen molar-refractivity contribution < 1.29 is 137 Å². The zero-order chi connectivity index (χ0) is 107. The fourth-order valence-corrected chi connectivity index (χ4v) is 15.7. The maximum Gasteiger partial charge on any atom is 0.432 e. The Morgan fingerprint density at radius 3 is 1.00 bits per heavy atom. The van der Waals surface area contributed by atoms with Gasteiger partial charge in [0, 0.05) is 39.6 Å². The third-order valence-corrected chi connectivity index (χ3v) is 23.3. The molecule has 0 saturated carbocycles. The van der Waals surface area contributed by atoms with Gasteiger partial charge in [-0.3, -0.25) is 0 Å². The first kappa shape index (κ1) is 109. The number of rotatable bonds is 27. The van der Waals surface area contributed by atoms with E-state index < -0.39 is 169 Å². The highest BCUT2D eigenvalue weighted by molar-refractivity contribution is 6.06. The molecular weight excluding hydrogens is 1990 g/mol. The van der Waals surface area contributed by atoms with Gasteiger partial charge in [0.2, 0.25) is 5.82 Å². The molecule has 1 heterocycles. The fraction of sp³-hybridized carbons (Fsp3) is 0.147. The van der Waals surface area contributed by atoms with E-state index in [1.54, 1.807) is 48.5 Å². The third-order valence-electron chi connectivity index (χ3n) is 23.3. The molecule has 1 aromatic heterocycles. The lowest BCUT2D eigenvalue weighted by Gasteiger charge is -2.20. The average Bonchev–Trinajstić information content (AvgIpc) is 0.740. The van der Waals surface area contributed by atoms with Crippen LogP contribution in [0.25, 0.3) is 122 Å².